The Morgan fingerprint density at radius 1 is 1.22 bits per heavy atom. The highest BCUT2D eigenvalue weighted by Crippen LogP contribution is 2.34. The van der Waals surface area contributed by atoms with Crippen LogP contribution in [0, 0.1) is 0 Å². The summed E-state index contributed by atoms with van der Waals surface area (Å²) < 4.78 is 34.6. The van der Waals surface area contributed by atoms with Gasteiger partial charge in [-0.05, 0) is 59.3 Å². The van der Waals surface area contributed by atoms with Crippen molar-refractivity contribution in [2.45, 2.75) is 17.9 Å². The topological polar surface area (TPSA) is 95.9 Å². The average Bonchev–Trinajstić information content (AvgIpc) is 3.25. The highest BCUT2D eigenvalue weighted by Gasteiger charge is 2.24. The fourth-order valence-corrected chi connectivity index (χ4v) is 5.83. The number of methoxy groups -OCH3 is 1. The Hall–Kier alpha value is -3.30. The van der Waals surface area contributed by atoms with E-state index in [-0.39, 0.29) is 10.6 Å². The molecule has 1 aliphatic rings. The molecule has 1 aliphatic heterocycles. The number of aliphatic carboxylic acids is 1. The predicted octanol–water partition coefficient (Wildman–Crippen LogP) is 4.22. The van der Waals surface area contributed by atoms with Crippen molar-refractivity contribution in [3.05, 3.63) is 76.0 Å². The number of benzene rings is 2. The third kappa shape index (κ3) is 4.63. The van der Waals surface area contributed by atoms with Crippen LogP contribution in [0.3, 0.4) is 0 Å². The predicted molar refractivity (Wildman–Crippen MR) is 126 cm³/mol. The number of carboxylic acids is 1. The minimum absolute atomic E-state index is 0.0684. The number of nitrogens with one attached hydrogen (secondary N) is 1. The maximum absolute atomic E-state index is 13.3. The molecule has 0 atom stereocenters. The highest BCUT2D eigenvalue weighted by molar-refractivity contribution is 7.92. The number of para-hydroxylation sites is 2. The molecule has 0 amide bonds. The number of carbonyl (C=O) groups is 1. The van der Waals surface area contributed by atoms with E-state index in [0.29, 0.717) is 11.3 Å². The Bertz CT molecular complexity index is 1280. The van der Waals surface area contributed by atoms with Crippen LogP contribution in [0.25, 0.3) is 6.08 Å². The third-order valence-corrected chi connectivity index (χ3v) is 7.60. The van der Waals surface area contributed by atoms with E-state index >= 15 is 0 Å². The molecule has 166 valence electrons. The summed E-state index contributed by atoms with van der Waals surface area (Å²) in [6, 6.07) is 13.9. The molecule has 2 aromatic carbocycles. The molecule has 1 aromatic heterocycles. The summed E-state index contributed by atoms with van der Waals surface area (Å²) in [5.41, 5.74) is 2.97. The summed E-state index contributed by atoms with van der Waals surface area (Å²) in [5.74, 6) is -0.948. The smallest absolute Gasteiger partial charge is 0.328 e. The van der Waals surface area contributed by atoms with E-state index in [1.165, 1.54) is 35.8 Å². The van der Waals surface area contributed by atoms with E-state index in [1.807, 2.05) is 12.1 Å². The summed E-state index contributed by atoms with van der Waals surface area (Å²) in [6.45, 7) is 1.52. The minimum atomic E-state index is -4.01. The highest BCUT2D eigenvalue weighted by atomic mass is 32.2. The van der Waals surface area contributed by atoms with E-state index in [4.69, 9.17) is 9.84 Å². The normalized spacial score (nSPS) is 13.7. The van der Waals surface area contributed by atoms with Gasteiger partial charge < -0.3 is 14.7 Å². The van der Waals surface area contributed by atoms with Crippen molar-refractivity contribution in [2.24, 2.45) is 0 Å². The summed E-state index contributed by atoms with van der Waals surface area (Å²) >= 11 is 1.75. The summed E-state index contributed by atoms with van der Waals surface area (Å²) in [5, 5.41) is 10.9. The molecule has 0 spiro atoms. The zero-order valence-corrected chi connectivity index (χ0v) is 18.9. The summed E-state index contributed by atoms with van der Waals surface area (Å²) in [4.78, 5) is 14.3. The van der Waals surface area contributed by atoms with Crippen LogP contribution >= 0.6 is 11.3 Å². The molecule has 0 bridgehead atoms. The standard InChI is InChI=1S/C23H22N2O5S2/c1-30-20-8-6-16(7-9-23(26)27)14-22(20)32(28,29)24-18-4-2-3-5-19(18)25-12-10-21-17(15-25)11-13-31-21/h2-9,11,13-14,24H,10,12,15H2,1H3,(H,26,27)/b9-7+. The van der Waals surface area contributed by atoms with E-state index in [0.717, 1.165) is 31.3 Å². The Balaban J connectivity index is 1.66. The molecule has 2 heterocycles. The van der Waals surface area contributed by atoms with Crippen LogP contribution in [0.5, 0.6) is 5.75 Å². The fourth-order valence-electron chi connectivity index (χ4n) is 3.66. The monoisotopic (exact) mass is 470 g/mol. The van der Waals surface area contributed by atoms with Crippen LogP contribution in [-0.2, 0) is 27.8 Å². The zero-order chi connectivity index (χ0) is 22.7. The first kappa shape index (κ1) is 21.9. The first-order valence-corrected chi connectivity index (χ1v) is 12.2. The maximum atomic E-state index is 13.3. The first-order valence-electron chi connectivity index (χ1n) is 9.88. The number of nitrogens with zero attached hydrogens (tertiary/aromatic N) is 1. The molecule has 0 fully saturated rings. The van der Waals surface area contributed by atoms with E-state index < -0.39 is 16.0 Å². The largest absolute Gasteiger partial charge is 0.495 e. The van der Waals surface area contributed by atoms with E-state index in [2.05, 4.69) is 21.1 Å². The van der Waals surface area contributed by atoms with Gasteiger partial charge in [-0.3, -0.25) is 4.72 Å². The average molecular weight is 471 g/mol. The van der Waals surface area contributed by atoms with Crippen molar-refractivity contribution >= 4 is 44.8 Å². The summed E-state index contributed by atoms with van der Waals surface area (Å²) in [6.07, 6.45) is 3.21. The molecule has 0 radical (unpaired) electrons. The van der Waals surface area contributed by atoms with Crippen molar-refractivity contribution in [1.82, 2.24) is 0 Å². The Labute approximate surface area is 190 Å². The van der Waals surface area contributed by atoms with Gasteiger partial charge in [0.1, 0.15) is 10.6 Å². The van der Waals surface area contributed by atoms with Crippen molar-refractivity contribution in [2.75, 3.05) is 23.3 Å². The maximum Gasteiger partial charge on any atom is 0.328 e. The van der Waals surface area contributed by atoms with Gasteiger partial charge in [0, 0.05) is 24.0 Å². The molecule has 32 heavy (non-hydrogen) atoms. The SMILES string of the molecule is COc1ccc(/C=C/C(=O)O)cc1S(=O)(=O)Nc1ccccc1N1CCc2sccc2C1. The lowest BCUT2D eigenvalue weighted by atomic mass is 10.1. The number of rotatable bonds is 7. The number of hydrogen-bond donors (Lipinski definition) is 2. The number of ether oxygens (including phenoxy) is 1. The van der Waals surface area contributed by atoms with Gasteiger partial charge in [-0.1, -0.05) is 18.2 Å². The van der Waals surface area contributed by atoms with Gasteiger partial charge in [0.25, 0.3) is 10.0 Å². The van der Waals surface area contributed by atoms with Crippen LogP contribution in [0.2, 0.25) is 0 Å². The number of anilines is 2. The quantitative estimate of drug-likeness (QED) is 0.502. The molecule has 3 aromatic rings. The Morgan fingerprint density at radius 2 is 2.03 bits per heavy atom. The van der Waals surface area contributed by atoms with Crippen LogP contribution in [0.4, 0.5) is 11.4 Å². The van der Waals surface area contributed by atoms with Gasteiger partial charge in [-0.25, -0.2) is 13.2 Å². The summed E-state index contributed by atoms with van der Waals surface area (Å²) in [7, 11) is -2.62. The molecule has 9 heteroatoms. The molecule has 0 saturated heterocycles. The Kier molecular flexibility index (Phi) is 6.20. The van der Waals surface area contributed by atoms with Crippen LogP contribution in [-0.4, -0.2) is 33.1 Å². The van der Waals surface area contributed by atoms with Gasteiger partial charge >= 0.3 is 5.97 Å². The van der Waals surface area contributed by atoms with Gasteiger partial charge in [0.15, 0.2) is 0 Å². The second-order valence-electron chi connectivity index (χ2n) is 7.25. The number of sulfonamides is 1. The van der Waals surface area contributed by atoms with E-state index in [9.17, 15) is 13.2 Å². The molecule has 0 saturated carbocycles. The second kappa shape index (κ2) is 9.05. The third-order valence-electron chi connectivity index (χ3n) is 5.19. The number of thiophene rings is 1. The lowest BCUT2D eigenvalue weighted by molar-refractivity contribution is -0.131. The number of carboxylic acid groups (broad SMARTS) is 1. The minimum Gasteiger partial charge on any atom is -0.495 e. The lowest BCUT2D eigenvalue weighted by Gasteiger charge is -2.30. The molecular formula is C23H22N2O5S2. The second-order valence-corrected chi connectivity index (χ2v) is 9.90. The fraction of sp³-hybridized carbons (Fsp3) is 0.174. The molecule has 2 N–H and O–H groups in total. The molecule has 0 unspecified atom stereocenters. The molecular weight excluding hydrogens is 448 g/mol. The van der Waals surface area contributed by atoms with Crippen molar-refractivity contribution < 1.29 is 23.1 Å². The Morgan fingerprint density at radius 3 is 2.81 bits per heavy atom. The lowest BCUT2D eigenvalue weighted by Crippen LogP contribution is -2.30. The van der Waals surface area contributed by atoms with Crippen LogP contribution in [0.15, 0.2) is 64.9 Å². The number of hydrogen-bond acceptors (Lipinski definition) is 6. The van der Waals surface area contributed by atoms with Crippen molar-refractivity contribution in [1.29, 1.82) is 0 Å². The first-order chi connectivity index (χ1) is 15.4. The molecule has 4 rings (SSSR count). The van der Waals surface area contributed by atoms with Gasteiger partial charge in [0.2, 0.25) is 0 Å². The van der Waals surface area contributed by atoms with Crippen molar-refractivity contribution in [3.63, 3.8) is 0 Å². The zero-order valence-electron chi connectivity index (χ0n) is 17.3. The van der Waals surface area contributed by atoms with E-state index in [1.54, 1.807) is 29.5 Å². The van der Waals surface area contributed by atoms with Gasteiger partial charge in [-0.15, -0.1) is 11.3 Å². The van der Waals surface area contributed by atoms with Crippen molar-refractivity contribution in [3.8, 4) is 5.75 Å². The molecule has 7 nitrogen and oxygen atoms in total. The number of fused-ring (bicyclic) bond motifs is 1. The van der Waals surface area contributed by atoms with Gasteiger partial charge in [-0.2, -0.15) is 0 Å². The van der Waals surface area contributed by atoms with Crippen LogP contribution in [0.1, 0.15) is 16.0 Å². The van der Waals surface area contributed by atoms with Crippen LogP contribution < -0.4 is 14.4 Å². The molecule has 0 aliphatic carbocycles. The van der Waals surface area contributed by atoms with Gasteiger partial charge in [0.05, 0.1) is 18.5 Å².